The summed E-state index contributed by atoms with van der Waals surface area (Å²) in [6.45, 7) is 5.03. The first-order valence-electron chi connectivity index (χ1n) is 6.30. The molecule has 0 spiro atoms. The number of ether oxygens (including phenoxy) is 1. The highest BCUT2D eigenvalue weighted by Gasteiger charge is 2.09. The van der Waals surface area contributed by atoms with Crippen molar-refractivity contribution >= 4 is 11.7 Å². The average molecular weight is 275 g/mol. The molecule has 0 aliphatic rings. The van der Waals surface area contributed by atoms with Crippen molar-refractivity contribution in [2.24, 2.45) is 0 Å². The summed E-state index contributed by atoms with van der Waals surface area (Å²) in [6.07, 6.45) is 0. The molecule has 0 saturated heterocycles. The molecule has 0 saturated carbocycles. The Kier molecular flexibility index (Phi) is 3.93. The van der Waals surface area contributed by atoms with Crippen molar-refractivity contribution in [3.8, 4) is 5.75 Å². The summed E-state index contributed by atoms with van der Waals surface area (Å²) >= 11 is 0. The maximum atomic E-state index is 10.8. The zero-order chi connectivity index (χ0) is 14.7. The van der Waals surface area contributed by atoms with E-state index in [1.54, 1.807) is 6.07 Å². The predicted octanol–water partition coefficient (Wildman–Crippen LogP) is 2.07. The van der Waals surface area contributed by atoms with Crippen LogP contribution in [0.5, 0.6) is 5.75 Å². The van der Waals surface area contributed by atoms with Crippen LogP contribution in [0, 0.1) is 6.92 Å². The summed E-state index contributed by atoms with van der Waals surface area (Å²) < 4.78 is 7.49. The van der Waals surface area contributed by atoms with Crippen molar-refractivity contribution in [3.63, 3.8) is 0 Å². The van der Waals surface area contributed by atoms with Crippen LogP contribution in [0.4, 0.5) is 5.69 Å². The molecule has 0 amide bonds. The molecule has 0 aliphatic heterocycles. The number of hydrogen-bond donors (Lipinski definition) is 2. The number of rotatable bonds is 5. The predicted molar refractivity (Wildman–Crippen MR) is 74.8 cm³/mol. The molecule has 6 heteroatoms. The van der Waals surface area contributed by atoms with Gasteiger partial charge in [0.15, 0.2) is 0 Å². The molecule has 1 aromatic carbocycles. The summed E-state index contributed by atoms with van der Waals surface area (Å²) in [5.74, 6) is -0.542. The van der Waals surface area contributed by atoms with Crippen LogP contribution in [0.2, 0.25) is 0 Å². The highest BCUT2D eigenvalue weighted by molar-refractivity contribution is 5.89. The summed E-state index contributed by atoms with van der Waals surface area (Å²) in [7, 11) is 0. The Morgan fingerprint density at radius 1 is 1.45 bits per heavy atom. The minimum Gasteiger partial charge on any atom is -0.485 e. The fourth-order valence-corrected chi connectivity index (χ4v) is 1.95. The van der Waals surface area contributed by atoms with E-state index in [2.05, 4.69) is 5.10 Å². The summed E-state index contributed by atoms with van der Waals surface area (Å²) in [6, 6.07) is 6.38. The third-order valence-electron chi connectivity index (χ3n) is 2.92. The van der Waals surface area contributed by atoms with E-state index < -0.39 is 5.97 Å². The Bertz CT molecular complexity index is 635. The van der Waals surface area contributed by atoms with Gasteiger partial charge in [0.2, 0.25) is 0 Å². The van der Waals surface area contributed by atoms with Crippen LogP contribution in [-0.4, -0.2) is 20.9 Å². The first kappa shape index (κ1) is 13.9. The van der Waals surface area contributed by atoms with Crippen LogP contribution in [-0.2, 0) is 13.2 Å². The van der Waals surface area contributed by atoms with Crippen molar-refractivity contribution < 1.29 is 14.6 Å². The first-order chi connectivity index (χ1) is 9.51. The fraction of sp³-hybridized carbons (Fsp3) is 0.286. The van der Waals surface area contributed by atoms with Crippen LogP contribution in [0.15, 0.2) is 24.3 Å². The molecule has 6 nitrogen and oxygen atoms in total. The van der Waals surface area contributed by atoms with Crippen LogP contribution in [0.25, 0.3) is 0 Å². The van der Waals surface area contributed by atoms with Gasteiger partial charge in [-0.2, -0.15) is 5.10 Å². The van der Waals surface area contributed by atoms with Gasteiger partial charge in [-0.3, -0.25) is 4.68 Å². The summed E-state index contributed by atoms with van der Waals surface area (Å²) in [5, 5.41) is 13.2. The number of benzene rings is 1. The molecule has 0 unspecified atom stereocenters. The molecular formula is C14H17N3O3. The highest BCUT2D eigenvalue weighted by Crippen LogP contribution is 2.23. The molecule has 3 N–H and O–H groups in total. The molecule has 1 heterocycles. The summed E-state index contributed by atoms with van der Waals surface area (Å²) in [5.41, 5.74) is 8.12. The van der Waals surface area contributed by atoms with Gasteiger partial charge in [-0.1, -0.05) is 0 Å². The SMILES string of the molecule is CCn1nc(C)cc1COc1ccc(C(=O)O)cc1N. The number of nitrogens with zero attached hydrogens (tertiary/aromatic N) is 2. The Morgan fingerprint density at radius 2 is 2.20 bits per heavy atom. The largest absolute Gasteiger partial charge is 0.485 e. The van der Waals surface area contributed by atoms with Gasteiger partial charge in [-0.25, -0.2) is 4.79 Å². The number of carbonyl (C=O) groups is 1. The van der Waals surface area contributed by atoms with Gasteiger partial charge < -0.3 is 15.6 Å². The highest BCUT2D eigenvalue weighted by atomic mass is 16.5. The third kappa shape index (κ3) is 2.90. The number of nitrogen functional groups attached to an aromatic ring is 1. The van der Waals surface area contributed by atoms with Crippen LogP contribution >= 0.6 is 0 Å². The number of aryl methyl sites for hydroxylation is 2. The molecule has 2 rings (SSSR count). The molecule has 0 aliphatic carbocycles. The van der Waals surface area contributed by atoms with Crippen molar-refractivity contribution in [2.45, 2.75) is 27.0 Å². The number of carboxylic acids is 1. The van der Waals surface area contributed by atoms with E-state index in [4.69, 9.17) is 15.6 Å². The number of hydrogen-bond acceptors (Lipinski definition) is 4. The maximum Gasteiger partial charge on any atom is 0.335 e. The molecular weight excluding hydrogens is 258 g/mol. The van der Waals surface area contributed by atoms with E-state index >= 15 is 0 Å². The Morgan fingerprint density at radius 3 is 2.80 bits per heavy atom. The zero-order valence-electron chi connectivity index (χ0n) is 11.5. The van der Waals surface area contributed by atoms with Gasteiger partial charge in [0, 0.05) is 6.54 Å². The fourth-order valence-electron chi connectivity index (χ4n) is 1.95. The molecule has 0 bridgehead atoms. The second kappa shape index (κ2) is 5.64. The minimum atomic E-state index is -1.01. The van der Waals surface area contributed by atoms with Crippen molar-refractivity contribution in [1.82, 2.24) is 9.78 Å². The van der Waals surface area contributed by atoms with E-state index in [9.17, 15) is 4.79 Å². The molecule has 2 aromatic rings. The van der Waals surface area contributed by atoms with Crippen LogP contribution in [0.1, 0.15) is 28.7 Å². The van der Waals surface area contributed by atoms with E-state index in [0.717, 1.165) is 17.9 Å². The number of aromatic nitrogens is 2. The van der Waals surface area contributed by atoms with Gasteiger partial charge in [0.1, 0.15) is 12.4 Å². The van der Waals surface area contributed by atoms with E-state index in [1.807, 2.05) is 24.6 Å². The minimum absolute atomic E-state index is 0.143. The molecule has 20 heavy (non-hydrogen) atoms. The maximum absolute atomic E-state index is 10.8. The topological polar surface area (TPSA) is 90.4 Å². The quantitative estimate of drug-likeness (QED) is 0.815. The van der Waals surface area contributed by atoms with Crippen LogP contribution in [0.3, 0.4) is 0 Å². The second-order valence-corrected chi connectivity index (χ2v) is 4.44. The Labute approximate surface area is 116 Å². The lowest BCUT2D eigenvalue weighted by Crippen LogP contribution is -2.07. The zero-order valence-corrected chi connectivity index (χ0v) is 11.5. The monoisotopic (exact) mass is 275 g/mol. The van der Waals surface area contributed by atoms with Crippen molar-refractivity contribution in [3.05, 3.63) is 41.2 Å². The smallest absolute Gasteiger partial charge is 0.335 e. The van der Waals surface area contributed by atoms with E-state index in [0.29, 0.717) is 18.0 Å². The van der Waals surface area contributed by atoms with Gasteiger partial charge in [-0.15, -0.1) is 0 Å². The molecule has 0 atom stereocenters. The molecule has 0 fully saturated rings. The van der Waals surface area contributed by atoms with Gasteiger partial charge in [0.25, 0.3) is 0 Å². The van der Waals surface area contributed by atoms with Gasteiger partial charge in [-0.05, 0) is 38.1 Å². The second-order valence-electron chi connectivity index (χ2n) is 4.44. The molecule has 0 radical (unpaired) electrons. The Balaban J connectivity index is 2.12. The van der Waals surface area contributed by atoms with E-state index in [1.165, 1.54) is 12.1 Å². The lowest BCUT2D eigenvalue weighted by Gasteiger charge is -2.10. The van der Waals surface area contributed by atoms with Crippen molar-refractivity contribution in [2.75, 3.05) is 5.73 Å². The van der Waals surface area contributed by atoms with Crippen molar-refractivity contribution in [1.29, 1.82) is 0 Å². The standard InChI is InChI=1S/C14H17N3O3/c1-3-17-11(6-9(2)16-17)8-20-13-5-4-10(14(18)19)7-12(13)15/h4-7H,3,8,15H2,1-2H3,(H,18,19). The number of aromatic carboxylic acids is 1. The van der Waals surface area contributed by atoms with Gasteiger partial charge >= 0.3 is 5.97 Å². The third-order valence-corrected chi connectivity index (χ3v) is 2.92. The summed E-state index contributed by atoms with van der Waals surface area (Å²) in [4.78, 5) is 10.8. The first-order valence-corrected chi connectivity index (χ1v) is 6.30. The van der Waals surface area contributed by atoms with E-state index in [-0.39, 0.29) is 5.56 Å². The number of carboxylic acid groups (broad SMARTS) is 1. The molecule has 1 aromatic heterocycles. The average Bonchev–Trinajstić information content (AvgIpc) is 2.77. The Hall–Kier alpha value is -2.50. The van der Waals surface area contributed by atoms with Crippen LogP contribution < -0.4 is 10.5 Å². The number of anilines is 1. The van der Waals surface area contributed by atoms with Gasteiger partial charge in [0.05, 0.1) is 22.6 Å². The lowest BCUT2D eigenvalue weighted by molar-refractivity contribution is 0.0697. The number of nitrogens with two attached hydrogens (primary N) is 1. The lowest BCUT2D eigenvalue weighted by atomic mass is 10.2. The molecule has 106 valence electrons. The normalized spacial score (nSPS) is 10.5.